The van der Waals surface area contributed by atoms with Crippen molar-refractivity contribution >= 4 is 24.0 Å². The van der Waals surface area contributed by atoms with E-state index in [2.05, 4.69) is 45.1 Å². The molecule has 2 N–H and O–H groups in total. The van der Waals surface area contributed by atoms with Gasteiger partial charge in [0.15, 0.2) is 0 Å². The van der Waals surface area contributed by atoms with E-state index in [0.29, 0.717) is 13.0 Å². The van der Waals surface area contributed by atoms with Crippen molar-refractivity contribution < 1.29 is 9.53 Å². The molecule has 2 aromatic rings. The van der Waals surface area contributed by atoms with E-state index >= 15 is 0 Å². The van der Waals surface area contributed by atoms with Crippen LogP contribution >= 0.6 is 12.4 Å². The number of pyridine rings is 1. The highest BCUT2D eigenvalue weighted by atomic mass is 35.5. The Morgan fingerprint density at radius 1 is 1.15 bits per heavy atom. The van der Waals surface area contributed by atoms with Crippen LogP contribution in [0.5, 0.6) is 0 Å². The molecule has 3 rings (SSSR count). The van der Waals surface area contributed by atoms with Crippen molar-refractivity contribution in [1.29, 1.82) is 0 Å². The molecule has 1 aliphatic heterocycles. The number of nitrogens with zero attached hydrogens (tertiary/aromatic N) is 3. The molecule has 6 nitrogen and oxygen atoms in total. The van der Waals surface area contributed by atoms with E-state index in [4.69, 9.17) is 10.5 Å². The molecule has 0 saturated carbocycles. The smallest absolute Gasteiger partial charge is 0.218 e. The minimum atomic E-state index is -0.237. The zero-order chi connectivity index (χ0) is 18.4. The first-order chi connectivity index (χ1) is 12.7. The first-order valence-electron chi connectivity index (χ1n) is 8.96. The van der Waals surface area contributed by atoms with Gasteiger partial charge in [0.1, 0.15) is 0 Å². The van der Waals surface area contributed by atoms with E-state index < -0.39 is 0 Å². The number of hydrogen-bond acceptors (Lipinski definition) is 5. The lowest BCUT2D eigenvalue weighted by atomic mass is 10.1. The molecule has 1 aromatic carbocycles. The van der Waals surface area contributed by atoms with Crippen molar-refractivity contribution in [2.24, 2.45) is 5.73 Å². The fourth-order valence-corrected chi connectivity index (χ4v) is 3.28. The number of anilines is 1. The Morgan fingerprint density at radius 2 is 1.85 bits per heavy atom. The van der Waals surface area contributed by atoms with Crippen LogP contribution in [0.15, 0.2) is 42.6 Å². The summed E-state index contributed by atoms with van der Waals surface area (Å²) in [5.74, 6) is -0.237. The Hall–Kier alpha value is -2.15. The second-order valence-corrected chi connectivity index (χ2v) is 6.55. The maximum Gasteiger partial charge on any atom is 0.218 e. The molecule has 0 atom stereocenters. The van der Waals surface area contributed by atoms with Crippen LogP contribution in [0.2, 0.25) is 0 Å². The fraction of sp³-hybridized carbons (Fsp3) is 0.400. The number of primary amides is 1. The highest BCUT2D eigenvalue weighted by Gasteiger charge is 2.20. The summed E-state index contributed by atoms with van der Waals surface area (Å²) in [5.41, 5.74) is 9.66. The zero-order valence-electron chi connectivity index (χ0n) is 15.6. The van der Waals surface area contributed by atoms with Crippen molar-refractivity contribution in [1.82, 2.24) is 9.88 Å². The van der Waals surface area contributed by atoms with E-state index in [-0.39, 0.29) is 18.3 Å². The third-order valence-electron chi connectivity index (χ3n) is 4.71. The van der Waals surface area contributed by atoms with Crippen LogP contribution in [0.4, 0.5) is 5.69 Å². The summed E-state index contributed by atoms with van der Waals surface area (Å²) in [4.78, 5) is 20.2. The highest BCUT2D eigenvalue weighted by molar-refractivity contribution is 5.85. The number of aromatic nitrogens is 1. The maximum absolute atomic E-state index is 11.0. The van der Waals surface area contributed by atoms with Crippen LogP contribution < -0.4 is 10.6 Å². The molecule has 1 aliphatic rings. The number of amides is 1. The number of benzene rings is 1. The van der Waals surface area contributed by atoms with E-state index in [9.17, 15) is 4.79 Å². The molecule has 2 heterocycles. The van der Waals surface area contributed by atoms with Crippen molar-refractivity contribution in [3.63, 3.8) is 0 Å². The molecule has 0 radical (unpaired) electrons. The lowest BCUT2D eigenvalue weighted by Crippen LogP contribution is -2.47. The van der Waals surface area contributed by atoms with Crippen molar-refractivity contribution in [2.45, 2.75) is 13.0 Å². The van der Waals surface area contributed by atoms with E-state index in [1.807, 2.05) is 12.3 Å². The van der Waals surface area contributed by atoms with E-state index in [0.717, 1.165) is 55.2 Å². The molecule has 1 fully saturated rings. The van der Waals surface area contributed by atoms with E-state index in [1.54, 1.807) is 7.11 Å². The average Bonchev–Trinajstić information content (AvgIpc) is 2.68. The number of halogens is 1. The lowest BCUT2D eigenvalue weighted by Gasteiger charge is -2.36. The first kappa shape index (κ1) is 21.2. The van der Waals surface area contributed by atoms with Crippen LogP contribution in [-0.2, 0) is 16.1 Å². The molecular weight excluding hydrogens is 364 g/mol. The van der Waals surface area contributed by atoms with Crippen molar-refractivity contribution in [3.8, 4) is 11.3 Å². The normalized spacial score (nSPS) is 14.6. The van der Waals surface area contributed by atoms with Crippen LogP contribution in [-0.4, -0.2) is 55.6 Å². The van der Waals surface area contributed by atoms with Crippen molar-refractivity contribution in [2.75, 3.05) is 44.7 Å². The van der Waals surface area contributed by atoms with Gasteiger partial charge in [-0.3, -0.25) is 14.7 Å². The Kier molecular flexibility index (Phi) is 8.03. The third kappa shape index (κ3) is 5.66. The Labute approximate surface area is 166 Å². The average molecular weight is 391 g/mol. The SMILES string of the molecule is COCc1ccc(-c2ncccc2N2CCN(CCC(N)=O)CC2)cc1.Cl. The molecule has 146 valence electrons. The van der Waals surface area contributed by atoms with Gasteiger partial charge in [-0.1, -0.05) is 24.3 Å². The van der Waals surface area contributed by atoms with Gasteiger partial charge >= 0.3 is 0 Å². The molecule has 1 saturated heterocycles. The summed E-state index contributed by atoms with van der Waals surface area (Å²) < 4.78 is 5.18. The molecule has 7 heteroatoms. The minimum absolute atomic E-state index is 0. The Balaban J connectivity index is 0.00000261. The van der Waals surface area contributed by atoms with Gasteiger partial charge in [0.05, 0.1) is 18.0 Å². The Morgan fingerprint density at radius 3 is 2.48 bits per heavy atom. The Bertz CT molecular complexity index is 731. The zero-order valence-corrected chi connectivity index (χ0v) is 16.5. The number of nitrogens with two attached hydrogens (primary N) is 1. The van der Waals surface area contributed by atoms with Crippen LogP contribution in [0.1, 0.15) is 12.0 Å². The summed E-state index contributed by atoms with van der Waals surface area (Å²) >= 11 is 0. The van der Waals surface area contributed by atoms with Gasteiger partial charge in [0.25, 0.3) is 0 Å². The largest absolute Gasteiger partial charge is 0.380 e. The van der Waals surface area contributed by atoms with Crippen LogP contribution in [0.3, 0.4) is 0 Å². The number of rotatable bonds is 7. The predicted octanol–water partition coefficient (Wildman–Crippen LogP) is 2.31. The van der Waals surface area contributed by atoms with E-state index in [1.165, 1.54) is 0 Å². The third-order valence-corrected chi connectivity index (χ3v) is 4.71. The van der Waals surface area contributed by atoms with Gasteiger partial charge in [-0.15, -0.1) is 12.4 Å². The van der Waals surface area contributed by atoms with Gasteiger partial charge in [0.2, 0.25) is 5.91 Å². The first-order valence-corrected chi connectivity index (χ1v) is 8.96. The molecule has 0 bridgehead atoms. The number of hydrogen-bond donors (Lipinski definition) is 1. The number of carbonyl (C=O) groups excluding carboxylic acids is 1. The standard InChI is InChI=1S/C20H26N4O2.ClH/c1-26-15-16-4-6-17(7-5-16)20-18(3-2-9-22-20)24-13-11-23(12-14-24)10-8-19(21)25;/h2-7,9H,8,10-15H2,1H3,(H2,21,25);1H. The number of piperazine rings is 1. The lowest BCUT2D eigenvalue weighted by molar-refractivity contribution is -0.118. The van der Waals surface area contributed by atoms with Gasteiger partial charge in [-0.05, 0) is 17.7 Å². The molecule has 0 aliphatic carbocycles. The van der Waals surface area contributed by atoms with Gasteiger partial charge < -0.3 is 15.4 Å². The summed E-state index contributed by atoms with van der Waals surface area (Å²) in [6.07, 6.45) is 2.26. The molecular formula is C20H27ClN4O2. The molecule has 27 heavy (non-hydrogen) atoms. The quantitative estimate of drug-likeness (QED) is 0.785. The van der Waals surface area contributed by atoms with Gasteiger partial charge in [-0.2, -0.15) is 0 Å². The number of methoxy groups -OCH3 is 1. The number of carbonyl (C=O) groups is 1. The second-order valence-electron chi connectivity index (χ2n) is 6.55. The van der Waals surface area contributed by atoms with Crippen LogP contribution in [0.25, 0.3) is 11.3 Å². The van der Waals surface area contributed by atoms with Gasteiger partial charge in [-0.25, -0.2) is 0 Å². The summed E-state index contributed by atoms with van der Waals surface area (Å²) in [7, 11) is 1.70. The second kappa shape index (κ2) is 10.3. The summed E-state index contributed by atoms with van der Waals surface area (Å²) in [6, 6.07) is 12.5. The molecule has 0 spiro atoms. The monoisotopic (exact) mass is 390 g/mol. The minimum Gasteiger partial charge on any atom is -0.380 e. The summed E-state index contributed by atoms with van der Waals surface area (Å²) in [5, 5.41) is 0. The van der Waals surface area contributed by atoms with Crippen LogP contribution in [0, 0.1) is 0 Å². The highest BCUT2D eigenvalue weighted by Crippen LogP contribution is 2.29. The summed E-state index contributed by atoms with van der Waals surface area (Å²) in [6.45, 7) is 5.04. The number of ether oxygens (including phenoxy) is 1. The van der Waals surface area contributed by atoms with Gasteiger partial charge in [0, 0.05) is 58.0 Å². The maximum atomic E-state index is 11.0. The van der Waals surface area contributed by atoms with Crippen molar-refractivity contribution in [3.05, 3.63) is 48.2 Å². The molecule has 1 aromatic heterocycles. The predicted molar refractivity (Wildman–Crippen MR) is 110 cm³/mol. The molecule has 1 amide bonds. The topological polar surface area (TPSA) is 71.7 Å². The fourth-order valence-electron chi connectivity index (χ4n) is 3.28. The molecule has 0 unspecified atom stereocenters.